The number of carbonyl (C=O) groups is 1. The highest BCUT2D eigenvalue weighted by Crippen LogP contribution is 2.39. The van der Waals surface area contributed by atoms with Gasteiger partial charge in [0.25, 0.3) is 5.91 Å². The number of carbonyl (C=O) groups excluding carboxylic acids is 1. The molecule has 2 N–H and O–H groups in total. The number of fused-ring (bicyclic) bond motifs is 2. The number of nitrogens with zero attached hydrogens (tertiary/aromatic N) is 7. The molecule has 5 heterocycles. The highest BCUT2D eigenvalue weighted by atomic mass is 16.5. The maximum Gasteiger partial charge on any atom is 0.320 e. The van der Waals surface area contributed by atoms with Crippen molar-refractivity contribution in [3.05, 3.63) is 35.0 Å². The van der Waals surface area contributed by atoms with Crippen LogP contribution < -0.4 is 15.0 Å². The van der Waals surface area contributed by atoms with Gasteiger partial charge >= 0.3 is 6.01 Å². The number of aryl methyl sites for hydroxylation is 1. The van der Waals surface area contributed by atoms with E-state index in [4.69, 9.17) is 25.9 Å². The van der Waals surface area contributed by atoms with E-state index in [1.807, 2.05) is 25.3 Å². The molecule has 3 aromatic rings. The zero-order valence-corrected chi connectivity index (χ0v) is 23.3. The van der Waals surface area contributed by atoms with Crippen molar-refractivity contribution in [1.29, 1.82) is 5.26 Å². The first-order valence-corrected chi connectivity index (χ1v) is 13.9. The number of anilines is 2. The largest absolute Gasteiger partial charge is 0.462 e. The van der Waals surface area contributed by atoms with Gasteiger partial charge in [-0.2, -0.15) is 20.3 Å². The van der Waals surface area contributed by atoms with Crippen LogP contribution in [-0.2, 0) is 16.1 Å². The van der Waals surface area contributed by atoms with Gasteiger partial charge in [0.2, 0.25) is 0 Å². The van der Waals surface area contributed by atoms with E-state index in [1.54, 1.807) is 4.90 Å². The van der Waals surface area contributed by atoms with E-state index in [0.29, 0.717) is 43.9 Å². The number of terminal acetylenes is 1. The Hall–Kier alpha value is -4.39. The maximum atomic E-state index is 12.4. The van der Waals surface area contributed by atoms with Crippen LogP contribution in [0.4, 0.5) is 11.6 Å². The minimum absolute atomic E-state index is 0.166. The summed E-state index contributed by atoms with van der Waals surface area (Å²) in [7, 11) is 2.11. The van der Waals surface area contributed by atoms with E-state index in [1.165, 1.54) is 0 Å². The lowest BCUT2D eigenvalue weighted by molar-refractivity contribution is -0.127. The number of likely N-dealkylation sites (N-methyl/N-ethyl adjacent to an activating group) is 1. The van der Waals surface area contributed by atoms with E-state index in [2.05, 4.69) is 44.4 Å². The molecule has 1 aromatic carbocycles. The molecule has 212 valence electrons. The van der Waals surface area contributed by atoms with Crippen molar-refractivity contribution >= 4 is 28.4 Å². The fraction of sp³-hybridized carbons (Fsp3) is 0.483. The van der Waals surface area contributed by atoms with Crippen LogP contribution in [0.2, 0.25) is 0 Å². The van der Waals surface area contributed by atoms with Gasteiger partial charge < -0.3 is 29.5 Å². The molecule has 1 amide bonds. The van der Waals surface area contributed by atoms with Crippen LogP contribution in [-0.4, -0.2) is 87.8 Å². The number of rotatable bonds is 6. The second-order valence-corrected chi connectivity index (χ2v) is 10.8. The van der Waals surface area contributed by atoms with E-state index in [0.717, 1.165) is 47.0 Å². The van der Waals surface area contributed by atoms with Crippen molar-refractivity contribution < 1.29 is 14.3 Å². The highest BCUT2D eigenvalue weighted by molar-refractivity contribution is 5.93. The molecule has 2 saturated heterocycles. The Labute approximate surface area is 238 Å². The predicted octanol–water partition coefficient (Wildman–Crippen LogP) is 2.34. The molecule has 41 heavy (non-hydrogen) atoms. The molecular formula is C29H33N9O3. The summed E-state index contributed by atoms with van der Waals surface area (Å²) < 4.78 is 12.6. The fourth-order valence-electron chi connectivity index (χ4n) is 6.05. The molecule has 0 saturated carbocycles. The molecule has 2 aromatic heterocycles. The molecule has 3 atom stereocenters. The molecule has 0 bridgehead atoms. The predicted molar refractivity (Wildman–Crippen MR) is 152 cm³/mol. The Morgan fingerprint density at radius 3 is 2.93 bits per heavy atom. The van der Waals surface area contributed by atoms with Crippen LogP contribution in [0.5, 0.6) is 6.01 Å². The summed E-state index contributed by atoms with van der Waals surface area (Å²) in [5.41, 5.74) is 3.80. The van der Waals surface area contributed by atoms with Gasteiger partial charge in [0, 0.05) is 36.6 Å². The quantitative estimate of drug-likeness (QED) is 0.436. The number of ether oxygens (including phenoxy) is 2. The van der Waals surface area contributed by atoms with Crippen molar-refractivity contribution in [2.24, 2.45) is 0 Å². The van der Waals surface area contributed by atoms with Crippen molar-refractivity contribution in [3.8, 4) is 24.4 Å². The number of likely N-dealkylation sites (tertiary alicyclic amines) is 1. The number of hydrogen-bond acceptors (Lipinski definition) is 10. The van der Waals surface area contributed by atoms with Gasteiger partial charge in [-0.25, -0.2) is 0 Å². The molecule has 6 rings (SSSR count). The molecule has 3 aliphatic heterocycles. The Balaban J connectivity index is 1.34. The van der Waals surface area contributed by atoms with E-state index < -0.39 is 12.1 Å². The molecule has 3 unspecified atom stereocenters. The van der Waals surface area contributed by atoms with Gasteiger partial charge in [-0.15, -0.1) is 6.42 Å². The zero-order valence-electron chi connectivity index (χ0n) is 23.3. The standard InChI is InChI=1S/C29H33N9O3/c1-4-24(39)38-13-12-37(15-19(38)9-10-30)27-22-17-40-28(25-18(2)7-8-23-21(25)14-31-35-23)32-26(22)33-29(34-27)41-16-20-6-5-11-36(20)3/h1,7-8,14,19-20,28H,5-6,9,11-13,15-17H2,2-3H3,(H,31,35)(H,32,33,34). The number of benzene rings is 1. The Bertz CT molecular complexity index is 1540. The number of H-pyrrole nitrogens is 1. The number of aromatic amines is 1. The molecule has 0 aliphatic carbocycles. The first-order valence-electron chi connectivity index (χ1n) is 13.9. The third-order valence-electron chi connectivity index (χ3n) is 8.34. The van der Waals surface area contributed by atoms with E-state index >= 15 is 0 Å². The summed E-state index contributed by atoms with van der Waals surface area (Å²) in [5, 5.41) is 21.2. The summed E-state index contributed by atoms with van der Waals surface area (Å²) in [5.74, 6) is 3.10. The van der Waals surface area contributed by atoms with Gasteiger partial charge in [0.1, 0.15) is 18.2 Å². The Morgan fingerprint density at radius 1 is 1.27 bits per heavy atom. The Kier molecular flexibility index (Phi) is 7.35. The first-order chi connectivity index (χ1) is 20.0. The first kappa shape index (κ1) is 26.8. The maximum absolute atomic E-state index is 12.4. The monoisotopic (exact) mass is 555 g/mol. The van der Waals surface area contributed by atoms with Crippen molar-refractivity contribution in [1.82, 2.24) is 30.0 Å². The molecular weight excluding hydrogens is 522 g/mol. The number of amides is 1. The van der Waals surface area contributed by atoms with E-state index in [9.17, 15) is 10.1 Å². The highest BCUT2D eigenvalue weighted by Gasteiger charge is 2.35. The number of nitrogens with one attached hydrogen (secondary N) is 2. The van der Waals surface area contributed by atoms with Gasteiger partial charge in [-0.1, -0.05) is 6.07 Å². The Morgan fingerprint density at radius 2 is 2.15 bits per heavy atom. The number of aromatic nitrogens is 4. The van der Waals surface area contributed by atoms with Gasteiger partial charge in [-0.3, -0.25) is 9.89 Å². The molecule has 0 spiro atoms. The lowest BCUT2D eigenvalue weighted by Gasteiger charge is -2.41. The van der Waals surface area contributed by atoms with Crippen LogP contribution in [0.15, 0.2) is 18.3 Å². The van der Waals surface area contributed by atoms with Crippen molar-refractivity contribution in [2.45, 2.75) is 51.1 Å². The molecule has 2 fully saturated rings. The number of hydrogen-bond donors (Lipinski definition) is 2. The van der Waals surface area contributed by atoms with Crippen LogP contribution in [0.3, 0.4) is 0 Å². The average molecular weight is 556 g/mol. The minimum atomic E-state index is -0.447. The van der Waals surface area contributed by atoms with Crippen LogP contribution in [0.1, 0.15) is 42.2 Å². The SMILES string of the molecule is C#CC(=O)N1CCN(c2nc(OCC3CCCN3C)nc3c2COC(c2c(C)ccc4[nH]ncc24)N3)CC1CC#N. The van der Waals surface area contributed by atoms with Gasteiger partial charge in [0.05, 0.1) is 42.4 Å². The van der Waals surface area contributed by atoms with E-state index in [-0.39, 0.29) is 25.1 Å². The molecule has 3 aliphatic rings. The van der Waals surface area contributed by atoms with Gasteiger partial charge in [-0.05, 0) is 50.9 Å². The number of nitriles is 1. The summed E-state index contributed by atoms with van der Waals surface area (Å²) in [6, 6.07) is 6.48. The second-order valence-electron chi connectivity index (χ2n) is 10.8. The topological polar surface area (TPSA) is 136 Å². The summed E-state index contributed by atoms with van der Waals surface area (Å²) in [6.07, 6.45) is 9.14. The van der Waals surface area contributed by atoms with Crippen LogP contribution in [0, 0.1) is 30.6 Å². The average Bonchev–Trinajstić information content (AvgIpc) is 3.63. The summed E-state index contributed by atoms with van der Waals surface area (Å²) >= 11 is 0. The fourth-order valence-corrected chi connectivity index (χ4v) is 6.05. The molecule has 12 nitrogen and oxygen atoms in total. The third kappa shape index (κ3) is 5.12. The summed E-state index contributed by atoms with van der Waals surface area (Å²) in [6.45, 7) is 5.15. The minimum Gasteiger partial charge on any atom is -0.462 e. The van der Waals surface area contributed by atoms with Crippen LogP contribution in [0.25, 0.3) is 10.9 Å². The smallest absolute Gasteiger partial charge is 0.320 e. The summed E-state index contributed by atoms with van der Waals surface area (Å²) in [4.78, 5) is 28.0. The van der Waals surface area contributed by atoms with Gasteiger partial charge in [0.15, 0.2) is 6.23 Å². The molecule has 0 radical (unpaired) electrons. The van der Waals surface area contributed by atoms with Crippen molar-refractivity contribution in [3.63, 3.8) is 0 Å². The van der Waals surface area contributed by atoms with Crippen molar-refractivity contribution in [2.75, 3.05) is 50.1 Å². The third-order valence-corrected chi connectivity index (χ3v) is 8.34. The normalized spacial score (nSPS) is 22.6. The van der Waals surface area contributed by atoms with Crippen LogP contribution >= 0.6 is 0 Å². The lowest BCUT2D eigenvalue weighted by Crippen LogP contribution is -2.55. The lowest BCUT2D eigenvalue weighted by atomic mass is 10.0. The number of piperazine rings is 1. The second kappa shape index (κ2) is 11.2. The molecule has 12 heteroatoms. The zero-order chi connectivity index (χ0) is 28.5.